The molecule has 1 heterocycles. The third-order valence-corrected chi connectivity index (χ3v) is 1.96. The first-order valence-corrected chi connectivity index (χ1v) is 5.52. The van der Waals surface area contributed by atoms with Gasteiger partial charge in [-0.15, -0.1) is 24.0 Å². The Labute approximate surface area is 120 Å². The fourth-order valence-corrected chi connectivity index (χ4v) is 1.29. The second kappa shape index (κ2) is 7.58. The maximum atomic E-state index is 5.25. The van der Waals surface area contributed by atoms with E-state index in [2.05, 4.69) is 36.4 Å². The number of halogens is 1. The molecule has 1 aromatic rings. The van der Waals surface area contributed by atoms with Crippen LogP contribution in [0.1, 0.15) is 26.5 Å². The van der Waals surface area contributed by atoms with Crippen molar-refractivity contribution in [3.8, 4) is 0 Å². The summed E-state index contributed by atoms with van der Waals surface area (Å²) < 4.78 is 5.25. The van der Waals surface area contributed by atoms with E-state index < -0.39 is 0 Å². The highest BCUT2D eigenvalue weighted by Crippen LogP contribution is 2.00. The first kappa shape index (κ1) is 16.3. The molecule has 0 radical (unpaired) electrons. The second-order valence-electron chi connectivity index (χ2n) is 4.70. The van der Waals surface area contributed by atoms with Crippen molar-refractivity contribution in [2.45, 2.75) is 32.7 Å². The van der Waals surface area contributed by atoms with E-state index in [9.17, 15) is 0 Å². The Morgan fingerprint density at radius 1 is 1.41 bits per heavy atom. The Bertz CT molecular complexity index is 328. The summed E-state index contributed by atoms with van der Waals surface area (Å²) in [4.78, 5) is 4.16. The van der Waals surface area contributed by atoms with Gasteiger partial charge in [-0.05, 0) is 32.9 Å². The fourth-order valence-electron chi connectivity index (χ4n) is 1.29. The van der Waals surface area contributed by atoms with Crippen molar-refractivity contribution in [3.05, 3.63) is 24.2 Å². The van der Waals surface area contributed by atoms with Gasteiger partial charge in [-0.3, -0.25) is 4.99 Å². The molecular weight excluding hydrogens is 329 g/mol. The molecule has 0 atom stereocenters. The van der Waals surface area contributed by atoms with Crippen molar-refractivity contribution in [1.82, 2.24) is 10.6 Å². The van der Waals surface area contributed by atoms with E-state index in [0.29, 0.717) is 0 Å². The third-order valence-electron chi connectivity index (χ3n) is 1.96. The zero-order valence-electron chi connectivity index (χ0n) is 10.9. The van der Waals surface area contributed by atoms with Crippen molar-refractivity contribution in [1.29, 1.82) is 0 Å². The molecule has 0 saturated heterocycles. The molecule has 4 nitrogen and oxygen atoms in total. The van der Waals surface area contributed by atoms with Crippen LogP contribution < -0.4 is 10.6 Å². The highest BCUT2D eigenvalue weighted by Gasteiger charge is 2.11. The molecular formula is C12H22IN3O. The first-order chi connectivity index (χ1) is 7.51. The molecule has 0 saturated carbocycles. The fraction of sp³-hybridized carbons (Fsp3) is 0.583. The lowest BCUT2D eigenvalue weighted by Gasteiger charge is -2.23. The third kappa shape index (κ3) is 7.25. The molecule has 0 unspecified atom stereocenters. The van der Waals surface area contributed by atoms with Crippen LogP contribution in [0.15, 0.2) is 27.8 Å². The monoisotopic (exact) mass is 351 g/mol. The summed E-state index contributed by atoms with van der Waals surface area (Å²) in [6, 6.07) is 3.87. The summed E-state index contributed by atoms with van der Waals surface area (Å²) in [6.45, 7) is 7.12. The predicted molar refractivity (Wildman–Crippen MR) is 82.1 cm³/mol. The summed E-state index contributed by atoms with van der Waals surface area (Å²) in [7, 11) is 1.77. The van der Waals surface area contributed by atoms with Crippen molar-refractivity contribution >= 4 is 29.9 Å². The highest BCUT2D eigenvalue weighted by atomic mass is 127. The standard InChI is InChI=1S/C12H21N3O.HI/c1-12(2,3)15-11(13-4)14-8-7-10-6-5-9-16-10;/h5-6,9H,7-8H2,1-4H3,(H2,13,14,15);1H. The van der Waals surface area contributed by atoms with Gasteiger partial charge in [0.2, 0.25) is 0 Å². The van der Waals surface area contributed by atoms with Gasteiger partial charge < -0.3 is 15.1 Å². The van der Waals surface area contributed by atoms with Crippen LogP contribution in [0.3, 0.4) is 0 Å². The number of nitrogens with zero attached hydrogens (tertiary/aromatic N) is 1. The van der Waals surface area contributed by atoms with Crippen molar-refractivity contribution in [2.75, 3.05) is 13.6 Å². The molecule has 0 spiro atoms. The lowest BCUT2D eigenvalue weighted by Crippen LogP contribution is -2.47. The minimum atomic E-state index is 0. The molecule has 2 N–H and O–H groups in total. The average molecular weight is 351 g/mol. The van der Waals surface area contributed by atoms with Gasteiger partial charge in [0, 0.05) is 25.6 Å². The number of aliphatic imine (C=N–C) groups is 1. The molecule has 0 fully saturated rings. The van der Waals surface area contributed by atoms with Crippen LogP contribution in [0.2, 0.25) is 0 Å². The molecule has 5 heteroatoms. The lowest BCUT2D eigenvalue weighted by atomic mass is 10.1. The SMILES string of the molecule is CN=C(NCCc1ccco1)NC(C)(C)C.I. The number of guanidine groups is 1. The van der Waals surface area contributed by atoms with Gasteiger partial charge in [-0.1, -0.05) is 0 Å². The van der Waals surface area contributed by atoms with E-state index in [1.807, 2.05) is 12.1 Å². The van der Waals surface area contributed by atoms with E-state index in [1.165, 1.54) is 0 Å². The molecule has 1 rings (SSSR count). The van der Waals surface area contributed by atoms with E-state index in [1.54, 1.807) is 13.3 Å². The first-order valence-electron chi connectivity index (χ1n) is 5.52. The smallest absolute Gasteiger partial charge is 0.191 e. The molecule has 0 aliphatic carbocycles. The van der Waals surface area contributed by atoms with Crippen molar-refractivity contribution in [2.24, 2.45) is 4.99 Å². The average Bonchev–Trinajstić information content (AvgIpc) is 2.67. The Morgan fingerprint density at radius 2 is 2.12 bits per heavy atom. The van der Waals surface area contributed by atoms with E-state index in [0.717, 1.165) is 24.7 Å². The van der Waals surface area contributed by atoms with Crippen molar-refractivity contribution in [3.63, 3.8) is 0 Å². The Morgan fingerprint density at radius 3 is 2.59 bits per heavy atom. The summed E-state index contributed by atoms with van der Waals surface area (Å²) in [5.41, 5.74) is 0.0204. The molecule has 98 valence electrons. The molecule has 1 aromatic heterocycles. The lowest BCUT2D eigenvalue weighted by molar-refractivity contribution is 0.492. The molecule has 0 aliphatic rings. The van der Waals surface area contributed by atoms with Gasteiger partial charge in [-0.2, -0.15) is 0 Å². The summed E-state index contributed by atoms with van der Waals surface area (Å²) >= 11 is 0. The maximum absolute atomic E-state index is 5.25. The van der Waals surface area contributed by atoms with Crippen LogP contribution in [-0.2, 0) is 6.42 Å². The summed E-state index contributed by atoms with van der Waals surface area (Å²) in [5.74, 6) is 1.80. The molecule has 17 heavy (non-hydrogen) atoms. The van der Waals surface area contributed by atoms with Crippen LogP contribution in [0.4, 0.5) is 0 Å². The Hall–Kier alpha value is -0.720. The van der Waals surface area contributed by atoms with Gasteiger partial charge in [-0.25, -0.2) is 0 Å². The maximum Gasteiger partial charge on any atom is 0.191 e. The Kier molecular flexibility index (Phi) is 7.26. The zero-order chi connectivity index (χ0) is 12.0. The normalized spacial score (nSPS) is 11.9. The molecule has 0 amide bonds. The number of nitrogens with one attached hydrogen (secondary N) is 2. The molecule has 0 aromatic carbocycles. The Balaban J connectivity index is 0.00000256. The van der Waals surface area contributed by atoms with Gasteiger partial charge in [0.1, 0.15) is 5.76 Å². The van der Waals surface area contributed by atoms with Crippen LogP contribution in [0.25, 0.3) is 0 Å². The van der Waals surface area contributed by atoms with Crippen LogP contribution in [0, 0.1) is 0 Å². The number of furan rings is 1. The minimum absolute atomic E-state index is 0. The van der Waals surface area contributed by atoms with E-state index in [4.69, 9.17) is 4.42 Å². The largest absolute Gasteiger partial charge is 0.469 e. The molecule has 0 aliphatic heterocycles. The zero-order valence-corrected chi connectivity index (χ0v) is 13.2. The minimum Gasteiger partial charge on any atom is -0.469 e. The predicted octanol–water partition coefficient (Wildman–Crippen LogP) is 2.40. The molecule has 0 bridgehead atoms. The summed E-state index contributed by atoms with van der Waals surface area (Å²) in [6.07, 6.45) is 2.55. The highest BCUT2D eigenvalue weighted by molar-refractivity contribution is 14.0. The van der Waals surface area contributed by atoms with Crippen molar-refractivity contribution < 1.29 is 4.42 Å². The van der Waals surface area contributed by atoms with Gasteiger partial charge in [0.05, 0.1) is 6.26 Å². The second-order valence-corrected chi connectivity index (χ2v) is 4.70. The van der Waals surface area contributed by atoms with Crippen LogP contribution >= 0.6 is 24.0 Å². The van der Waals surface area contributed by atoms with E-state index >= 15 is 0 Å². The summed E-state index contributed by atoms with van der Waals surface area (Å²) in [5, 5.41) is 6.54. The van der Waals surface area contributed by atoms with Gasteiger partial charge in [0.15, 0.2) is 5.96 Å². The number of hydrogen-bond donors (Lipinski definition) is 2. The van der Waals surface area contributed by atoms with Gasteiger partial charge in [0.25, 0.3) is 0 Å². The van der Waals surface area contributed by atoms with Gasteiger partial charge >= 0.3 is 0 Å². The van der Waals surface area contributed by atoms with Crippen LogP contribution in [0.5, 0.6) is 0 Å². The number of rotatable bonds is 3. The quantitative estimate of drug-likeness (QED) is 0.500. The number of hydrogen-bond acceptors (Lipinski definition) is 2. The van der Waals surface area contributed by atoms with Crippen LogP contribution in [-0.4, -0.2) is 25.1 Å². The topological polar surface area (TPSA) is 49.6 Å². The van der Waals surface area contributed by atoms with E-state index in [-0.39, 0.29) is 29.5 Å².